The molecular formula is C25H25ClN6O3S. The van der Waals surface area contributed by atoms with E-state index in [1.54, 1.807) is 6.26 Å². The van der Waals surface area contributed by atoms with E-state index >= 15 is 0 Å². The minimum atomic E-state index is -1.40. The fraction of sp³-hybridized carbons (Fsp3) is 0.360. The molecule has 2 atom stereocenters. The number of nitriles is 1. The molecule has 186 valence electrons. The number of carbonyl (C=O) groups is 1. The molecule has 3 heterocycles. The van der Waals surface area contributed by atoms with E-state index < -0.39 is 22.9 Å². The number of nitrogens with zero attached hydrogens (tertiary/aromatic N) is 6. The molecule has 0 spiro atoms. The van der Waals surface area contributed by atoms with Gasteiger partial charge in [0.05, 0.1) is 46.6 Å². The van der Waals surface area contributed by atoms with Crippen molar-refractivity contribution >= 4 is 50.8 Å². The summed E-state index contributed by atoms with van der Waals surface area (Å²) in [5.74, 6) is 0.689. The number of benzene rings is 2. The molecule has 0 saturated carbocycles. The molecule has 2 aliphatic heterocycles. The Kier molecular flexibility index (Phi) is 6.69. The highest BCUT2D eigenvalue weighted by Crippen LogP contribution is 2.36. The molecule has 2 aromatic carbocycles. The van der Waals surface area contributed by atoms with E-state index in [4.69, 9.17) is 11.6 Å². The van der Waals surface area contributed by atoms with Gasteiger partial charge in [-0.25, -0.2) is 14.8 Å². The van der Waals surface area contributed by atoms with E-state index in [0.29, 0.717) is 36.9 Å². The van der Waals surface area contributed by atoms with E-state index in [0.717, 1.165) is 34.3 Å². The Bertz CT molecular complexity index is 1410. The highest BCUT2D eigenvalue weighted by molar-refractivity contribution is 7.84. The topological polar surface area (TPSA) is 114 Å². The number of hydrogen-bond donors (Lipinski definition) is 1. The minimum Gasteiger partial charge on any atom is -0.465 e. The number of rotatable bonds is 4. The van der Waals surface area contributed by atoms with Crippen LogP contribution in [-0.2, 0) is 23.8 Å². The first-order valence-corrected chi connectivity index (χ1v) is 13.6. The van der Waals surface area contributed by atoms with Crippen LogP contribution in [0.15, 0.2) is 41.6 Å². The van der Waals surface area contributed by atoms with E-state index in [1.807, 2.05) is 35.2 Å². The van der Waals surface area contributed by atoms with Crippen molar-refractivity contribution in [3.63, 3.8) is 0 Å². The number of carboxylic acid groups (broad SMARTS) is 1. The van der Waals surface area contributed by atoms with Crippen LogP contribution < -0.4 is 9.80 Å². The average molecular weight is 525 g/mol. The summed E-state index contributed by atoms with van der Waals surface area (Å²) in [6.45, 7) is 2.29. The highest BCUT2D eigenvalue weighted by Gasteiger charge is 2.34. The van der Waals surface area contributed by atoms with Gasteiger partial charge in [-0.15, -0.1) is 0 Å². The lowest BCUT2D eigenvalue weighted by Gasteiger charge is -2.41. The first-order valence-electron chi connectivity index (χ1n) is 11.6. The number of fused-ring (bicyclic) bond motifs is 2. The molecule has 1 fully saturated rings. The maximum atomic E-state index is 12.5. The van der Waals surface area contributed by atoms with Gasteiger partial charge in [0.25, 0.3) is 0 Å². The van der Waals surface area contributed by atoms with Crippen LogP contribution in [0.3, 0.4) is 0 Å². The second-order valence-corrected chi connectivity index (χ2v) is 10.6. The molecule has 36 heavy (non-hydrogen) atoms. The second-order valence-electron chi connectivity index (χ2n) is 8.93. The lowest BCUT2D eigenvalue weighted by atomic mass is 10.0. The molecule has 1 N–H and O–H groups in total. The summed E-state index contributed by atoms with van der Waals surface area (Å²) in [4.78, 5) is 26.6. The van der Waals surface area contributed by atoms with Crippen molar-refractivity contribution < 1.29 is 14.1 Å². The summed E-state index contributed by atoms with van der Waals surface area (Å²) in [7, 11) is -1.40. The Labute approximate surface area is 216 Å². The van der Waals surface area contributed by atoms with Gasteiger partial charge < -0.3 is 19.8 Å². The molecule has 1 aromatic heterocycles. The number of aromatic nitrogens is 2. The van der Waals surface area contributed by atoms with Crippen molar-refractivity contribution in [3.8, 4) is 6.07 Å². The number of hydrogen-bond acceptors (Lipinski definition) is 7. The lowest BCUT2D eigenvalue weighted by Crippen LogP contribution is -2.55. The minimum absolute atomic E-state index is 0.0955. The predicted molar refractivity (Wildman–Crippen MR) is 139 cm³/mol. The molecule has 1 amide bonds. The molecule has 5 rings (SSSR count). The Morgan fingerprint density at radius 1 is 1.19 bits per heavy atom. The van der Waals surface area contributed by atoms with Crippen molar-refractivity contribution in [2.45, 2.75) is 30.6 Å². The number of amides is 1. The fourth-order valence-corrected chi connectivity index (χ4v) is 5.84. The van der Waals surface area contributed by atoms with Crippen molar-refractivity contribution in [1.29, 1.82) is 5.26 Å². The SMILES string of the molecule is CS(=O)c1nc2c(c(N3CCN(C(=O)O)C(CC#N)C3)n1)CCN(c1cccc3cccc(Cl)c13)C2. The van der Waals surface area contributed by atoms with Gasteiger partial charge in [0, 0.05) is 49.1 Å². The normalized spacial score (nSPS) is 18.6. The van der Waals surface area contributed by atoms with E-state index in [-0.39, 0.29) is 18.1 Å². The molecule has 9 nitrogen and oxygen atoms in total. The van der Waals surface area contributed by atoms with Gasteiger partial charge >= 0.3 is 6.09 Å². The molecule has 0 aliphatic carbocycles. The van der Waals surface area contributed by atoms with Gasteiger partial charge in [-0.2, -0.15) is 5.26 Å². The van der Waals surface area contributed by atoms with Gasteiger partial charge in [-0.05, 0) is 23.9 Å². The van der Waals surface area contributed by atoms with Gasteiger partial charge in [-0.1, -0.05) is 35.9 Å². The lowest BCUT2D eigenvalue weighted by molar-refractivity contribution is 0.119. The van der Waals surface area contributed by atoms with Crippen molar-refractivity contribution in [2.24, 2.45) is 0 Å². The molecule has 2 unspecified atom stereocenters. The van der Waals surface area contributed by atoms with Crippen LogP contribution in [-0.4, -0.2) is 68.8 Å². The maximum Gasteiger partial charge on any atom is 0.407 e. The van der Waals surface area contributed by atoms with Crippen LogP contribution in [0.4, 0.5) is 16.3 Å². The molecule has 0 radical (unpaired) electrons. The Morgan fingerprint density at radius 3 is 2.69 bits per heavy atom. The molecular weight excluding hydrogens is 500 g/mol. The van der Waals surface area contributed by atoms with Gasteiger partial charge in [0.1, 0.15) is 5.82 Å². The molecule has 3 aromatic rings. The second kappa shape index (κ2) is 9.91. The smallest absolute Gasteiger partial charge is 0.407 e. The van der Waals surface area contributed by atoms with Crippen LogP contribution in [0.25, 0.3) is 10.8 Å². The molecule has 11 heteroatoms. The van der Waals surface area contributed by atoms with Crippen LogP contribution in [0.2, 0.25) is 5.02 Å². The zero-order chi connectivity index (χ0) is 25.4. The number of piperazine rings is 1. The largest absolute Gasteiger partial charge is 0.465 e. The highest BCUT2D eigenvalue weighted by atomic mass is 35.5. The first kappa shape index (κ1) is 24.3. The van der Waals surface area contributed by atoms with Gasteiger partial charge in [0.15, 0.2) is 0 Å². The zero-order valence-corrected chi connectivity index (χ0v) is 21.3. The van der Waals surface area contributed by atoms with Crippen molar-refractivity contribution in [2.75, 3.05) is 42.2 Å². The summed E-state index contributed by atoms with van der Waals surface area (Å²) in [6, 6.07) is 13.6. The van der Waals surface area contributed by atoms with E-state index in [2.05, 4.69) is 27.0 Å². The summed E-state index contributed by atoms with van der Waals surface area (Å²) in [6.07, 6.45) is 1.29. The third-order valence-corrected chi connectivity index (χ3v) is 7.82. The van der Waals surface area contributed by atoms with E-state index in [9.17, 15) is 19.4 Å². The van der Waals surface area contributed by atoms with Crippen molar-refractivity contribution in [1.82, 2.24) is 14.9 Å². The van der Waals surface area contributed by atoms with Gasteiger partial charge in [0.2, 0.25) is 5.16 Å². The molecule has 2 aliphatic rings. The van der Waals surface area contributed by atoms with Crippen LogP contribution >= 0.6 is 11.6 Å². The third kappa shape index (κ3) is 4.45. The van der Waals surface area contributed by atoms with Crippen molar-refractivity contribution in [3.05, 3.63) is 52.7 Å². The fourth-order valence-electron chi connectivity index (χ4n) is 5.10. The summed E-state index contributed by atoms with van der Waals surface area (Å²) >= 11 is 6.58. The first-order chi connectivity index (χ1) is 17.4. The maximum absolute atomic E-state index is 12.5. The van der Waals surface area contributed by atoms with Crippen LogP contribution in [0.5, 0.6) is 0 Å². The summed E-state index contributed by atoms with van der Waals surface area (Å²) in [5.41, 5.74) is 2.80. The number of anilines is 2. The Balaban J connectivity index is 1.52. The van der Waals surface area contributed by atoms with Gasteiger partial charge in [-0.3, -0.25) is 4.21 Å². The quantitative estimate of drug-likeness (QED) is 0.514. The Morgan fingerprint density at radius 2 is 1.97 bits per heavy atom. The van der Waals surface area contributed by atoms with Crippen LogP contribution in [0, 0.1) is 11.3 Å². The standard InChI is InChI=1S/C25H25ClN6O3S/c1-36(35)24-28-20-15-30(21-7-3-5-16-4-2-6-19(26)22(16)21)11-9-18(20)23(29-24)31-12-13-32(25(33)34)17(14-31)8-10-27/h2-7,17H,8-9,11-15H2,1H3,(H,33,34). The summed E-state index contributed by atoms with van der Waals surface area (Å²) in [5, 5.41) is 21.8. The Hall–Kier alpha value is -3.42. The number of halogens is 1. The summed E-state index contributed by atoms with van der Waals surface area (Å²) < 4.78 is 12.5. The zero-order valence-electron chi connectivity index (χ0n) is 19.7. The van der Waals surface area contributed by atoms with Crippen LogP contribution in [0.1, 0.15) is 17.7 Å². The molecule has 1 saturated heterocycles. The average Bonchev–Trinajstić information content (AvgIpc) is 2.87. The molecule has 0 bridgehead atoms. The monoisotopic (exact) mass is 524 g/mol. The predicted octanol–water partition coefficient (Wildman–Crippen LogP) is 3.67. The van der Waals surface area contributed by atoms with E-state index in [1.165, 1.54) is 4.90 Å². The third-order valence-electron chi connectivity index (χ3n) is 6.81.